The molecule has 1 fully saturated rings. The van der Waals surface area contributed by atoms with Crippen LogP contribution in [0.2, 0.25) is 0 Å². The molecule has 3 rings (SSSR count). The number of hydrogen-bond donors (Lipinski definition) is 1. The highest BCUT2D eigenvalue weighted by molar-refractivity contribution is 9.10. The van der Waals surface area contributed by atoms with Crippen molar-refractivity contribution in [3.8, 4) is 0 Å². The van der Waals surface area contributed by atoms with Crippen LogP contribution >= 0.6 is 15.9 Å². The number of halogens is 1. The van der Waals surface area contributed by atoms with Gasteiger partial charge in [-0.25, -0.2) is 4.98 Å². The van der Waals surface area contributed by atoms with Crippen molar-refractivity contribution in [2.75, 3.05) is 13.1 Å². The Bertz CT molecular complexity index is 486. The van der Waals surface area contributed by atoms with Crippen molar-refractivity contribution in [2.45, 2.75) is 12.3 Å². The lowest BCUT2D eigenvalue weighted by atomic mass is 10.1. The predicted molar refractivity (Wildman–Crippen MR) is 63.1 cm³/mol. The molecule has 0 amide bonds. The number of imidazole rings is 1. The van der Waals surface area contributed by atoms with Gasteiger partial charge in [0.2, 0.25) is 0 Å². The molecule has 0 spiro atoms. The van der Waals surface area contributed by atoms with E-state index in [0.717, 1.165) is 23.2 Å². The van der Waals surface area contributed by atoms with Crippen molar-refractivity contribution in [1.82, 2.24) is 14.7 Å². The summed E-state index contributed by atoms with van der Waals surface area (Å²) < 4.78 is 3.13. The lowest BCUT2D eigenvalue weighted by Crippen LogP contribution is -2.10. The maximum Gasteiger partial charge on any atom is 0.132 e. The van der Waals surface area contributed by atoms with Crippen molar-refractivity contribution < 1.29 is 0 Å². The second-order valence-electron chi connectivity index (χ2n) is 3.91. The molecule has 0 saturated carbocycles. The van der Waals surface area contributed by atoms with Crippen molar-refractivity contribution in [1.29, 1.82) is 0 Å². The fourth-order valence-electron chi connectivity index (χ4n) is 2.19. The maximum atomic E-state index is 4.61. The molecule has 1 unspecified atom stereocenters. The van der Waals surface area contributed by atoms with Gasteiger partial charge in [-0.15, -0.1) is 0 Å². The van der Waals surface area contributed by atoms with Crippen LogP contribution in [0.3, 0.4) is 0 Å². The highest BCUT2D eigenvalue weighted by Crippen LogP contribution is 2.26. The molecule has 4 heteroatoms. The quantitative estimate of drug-likeness (QED) is 0.857. The van der Waals surface area contributed by atoms with Crippen LogP contribution in [0, 0.1) is 0 Å². The third kappa shape index (κ3) is 1.48. The standard InChI is InChI=1S/C11H12BrN3/c12-10-9-3-1-2-6-15(9)11(14-10)8-4-5-13-7-8/h1-3,6,8,13H,4-5,7H2. The first-order valence-electron chi connectivity index (χ1n) is 5.19. The molecule has 2 aromatic rings. The zero-order valence-electron chi connectivity index (χ0n) is 8.28. The van der Waals surface area contributed by atoms with Gasteiger partial charge in [0, 0.05) is 18.7 Å². The van der Waals surface area contributed by atoms with E-state index in [0.29, 0.717) is 5.92 Å². The molecular weight excluding hydrogens is 254 g/mol. The van der Waals surface area contributed by atoms with Gasteiger partial charge in [0.25, 0.3) is 0 Å². The highest BCUT2D eigenvalue weighted by Gasteiger charge is 2.22. The van der Waals surface area contributed by atoms with E-state index in [-0.39, 0.29) is 0 Å². The summed E-state index contributed by atoms with van der Waals surface area (Å²) >= 11 is 3.51. The topological polar surface area (TPSA) is 29.3 Å². The van der Waals surface area contributed by atoms with Gasteiger partial charge in [-0.3, -0.25) is 0 Å². The van der Waals surface area contributed by atoms with Crippen LogP contribution in [0.25, 0.3) is 5.52 Å². The zero-order valence-corrected chi connectivity index (χ0v) is 9.87. The molecule has 1 N–H and O–H groups in total. The third-order valence-corrected chi connectivity index (χ3v) is 3.54. The van der Waals surface area contributed by atoms with Crippen LogP contribution in [0.1, 0.15) is 18.2 Å². The first-order chi connectivity index (χ1) is 7.36. The van der Waals surface area contributed by atoms with E-state index in [9.17, 15) is 0 Å². The summed E-state index contributed by atoms with van der Waals surface area (Å²) in [6.07, 6.45) is 3.27. The number of hydrogen-bond acceptors (Lipinski definition) is 2. The van der Waals surface area contributed by atoms with Gasteiger partial charge >= 0.3 is 0 Å². The molecule has 78 valence electrons. The average molecular weight is 266 g/mol. The van der Waals surface area contributed by atoms with Gasteiger partial charge < -0.3 is 9.72 Å². The van der Waals surface area contributed by atoms with Crippen LogP contribution in [0.5, 0.6) is 0 Å². The molecule has 15 heavy (non-hydrogen) atoms. The van der Waals surface area contributed by atoms with Crippen molar-refractivity contribution in [2.24, 2.45) is 0 Å². The van der Waals surface area contributed by atoms with Gasteiger partial charge in [-0.05, 0) is 41.0 Å². The molecule has 1 aliphatic rings. The minimum Gasteiger partial charge on any atom is -0.316 e. The fourth-order valence-corrected chi connectivity index (χ4v) is 2.69. The average Bonchev–Trinajstić information content (AvgIpc) is 2.87. The van der Waals surface area contributed by atoms with Gasteiger partial charge in [-0.1, -0.05) is 6.07 Å². The molecule has 2 aromatic heterocycles. The Balaban J connectivity index is 2.17. The summed E-state index contributed by atoms with van der Waals surface area (Å²) in [4.78, 5) is 4.61. The van der Waals surface area contributed by atoms with Crippen molar-refractivity contribution in [3.63, 3.8) is 0 Å². The van der Waals surface area contributed by atoms with Crippen molar-refractivity contribution >= 4 is 21.4 Å². The Morgan fingerprint density at radius 3 is 3.20 bits per heavy atom. The zero-order chi connectivity index (χ0) is 10.3. The van der Waals surface area contributed by atoms with Gasteiger partial charge in [0.1, 0.15) is 10.4 Å². The van der Waals surface area contributed by atoms with E-state index in [1.807, 2.05) is 12.1 Å². The van der Waals surface area contributed by atoms with Gasteiger partial charge in [0.15, 0.2) is 0 Å². The summed E-state index contributed by atoms with van der Waals surface area (Å²) in [5.74, 6) is 1.72. The number of nitrogens with zero attached hydrogens (tertiary/aromatic N) is 2. The Morgan fingerprint density at radius 2 is 2.40 bits per heavy atom. The van der Waals surface area contributed by atoms with Crippen LogP contribution in [0.15, 0.2) is 29.0 Å². The molecular formula is C11H12BrN3. The number of pyridine rings is 1. The molecule has 0 aliphatic carbocycles. The number of fused-ring (bicyclic) bond motifs is 1. The predicted octanol–water partition coefficient (Wildman–Crippen LogP) is 2.17. The molecule has 0 bridgehead atoms. The maximum absolute atomic E-state index is 4.61. The van der Waals surface area contributed by atoms with E-state index >= 15 is 0 Å². The van der Waals surface area contributed by atoms with Crippen LogP contribution in [-0.4, -0.2) is 22.5 Å². The minimum absolute atomic E-state index is 0.547. The molecule has 0 aromatic carbocycles. The SMILES string of the molecule is Brc1nc(C2CCNC2)n2ccccc12. The smallest absolute Gasteiger partial charge is 0.132 e. The van der Waals surface area contributed by atoms with Crippen LogP contribution in [0.4, 0.5) is 0 Å². The molecule has 3 nitrogen and oxygen atoms in total. The monoisotopic (exact) mass is 265 g/mol. The number of rotatable bonds is 1. The molecule has 1 aliphatic heterocycles. The first-order valence-corrected chi connectivity index (χ1v) is 5.99. The summed E-state index contributed by atoms with van der Waals surface area (Å²) in [5.41, 5.74) is 1.15. The van der Waals surface area contributed by atoms with Gasteiger partial charge in [-0.2, -0.15) is 0 Å². The molecule has 1 atom stereocenters. The number of nitrogens with one attached hydrogen (secondary N) is 1. The Hall–Kier alpha value is -0.870. The Morgan fingerprint density at radius 1 is 1.47 bits per heavy atom. The number of aromatic nitrogens is 2. The normalized spacial score (nSPS) is 21.3. The van der Waals surface area contributed by atoms with E-state index in [1.54, 1.807) is 0 Å². The Kier molecular flexibility index (Phi) is 2.25. The van der Waals surface area contributed by atoms with Crippen LogP contribution in [-0.2, 0) is 0 Å². The van der Waals surface area contributed by atoms with Gasteiger partial charge in [0.05, 0.1) is 5.52 Å². The van der Waals surface area contributed by atoms with E-state index in [2.05, 4.69) is 42.9 Å². The highest BCUT2D eigenvalue weighted by atomic mass is 79.9. The Labute approximate surface area is 96.6 Å². The summed E-state index contributed by atoms with van der Waals surface area (Å²) in [5, 5.41) is 3.38. The van der Waals surface area contributed by atoms with E-state index < -0.39 is 0 Å². The first kappa shape index (κ1) is 9.36. The fraction of sp³-hybridized carbons (Fsp3) is 0.364. The lowest BCUT2D eigenvalue weighted by molar-refractivity contribution is 0.698. The van der Waals surface area contributed by atoms with E-state index in [4.69, 9.17) is 0 Å². The summed E-state index contributed by atoms with van der Waals surface area (Å²) in [7, 11) is 0. The second-order valence-corrected chi connectivity index (χ2v) is 4.66. The second kappa shape index (κ2) is 3.61. The molecule has 1 saturated heterocycles. The summed E-state index contributed by atoms with van der Waals surface area (Å²) in [6.45, 7) is 2.14. The molecule has 3 heterocycles. The lowest BCUT2D eigenvalue weighted by Gasteiger charge is -2.06. The van der Waals surface area contributed by atoms with Crippen LogP contribution < -0.4 is 5.32 Å². The minimum atomic E-state index is 0.547. The molecule has 0 radical (unpaired) electrons. The largest absolute Gasteiger partial charge is 0.316 e. The summed E-state index contributed by atoms with van der Waals surface area (Å²) in [6, 6.07) is 6.18. The van der Waals surface area contributed by atoms with E-state index in [1.165, 1.54) is 12.2 Å². The van der Waals surface area contributed by atoms with Crippen molar-refractivity contribution in [3.05, 3.63) is 34.8 Å². The third-order valence-electron chi connectivity index (χ3n) is 2.96.